The molecule has 10 heteroatoms. The summed E-state index contributed by atoms with van der Waals surface area (Å²) in [7, 11) is 1.72. The molecule has 1 aromatic carbocycles. The molecule has 2 rings (SSSR count). The third-order valence-corrected chi connectivity index (χ3v) is 7.60. The van der Waals surface area contributed by atoms with Crippen molar-refractivity contribution >= 4 is 23.4 Å². The second-order valence-electron chi connectivity index (χ2n) is 11.7. The van der Waals surface area contributed by atoms with E-state index in [9.17, 15) is 24.5 Å². The van der Waals surface area contributed by atoms with Crippen molar-refractivity contribution in [3.05, 3.63) is 51.6 Å². The van der Waals surface area contributed by atoms with E-state index < -0.39 is 11.0 Å². The predicted molar refractivity (Wildman–Crippen MR) is 156 cm³/mol. The Hall–Kier alpha value is -3.27. The topological polar surface area (TPSA) is 125 Å². The second kappa shape index (κ2) is 14.9. The first-order valence-corrected chi connectivity index (χ1v) is 14.3. The zero-order chi connectivity index (χ0) is 30.1. The smallest absolute Gasteiger partial charge is 0.269 e. The van der Waals surface area contributed by atoms with Crippen molar-refractivity contribution in [2.24, 2.45) is 11.8 Å². The van der Waals surface area contributed by atoms with E-state index in [0.717, 1.165) is 31.4 Å². The fourth-order valence-corrected chi connectivity index (χ4v) is 5.12. The summed E-state index contributed by atoms with van der Waals surface area (Å²) >= 11 is 0. The number of hydrogen-bond donors (Lipinski definition) is 2. The van der Waals surface area contributed by atoms with E-state index in [1.807, 2.05) is 27.7 Å². The highest BCUT2D eigenvalue weighted by atomic mass is 16.6. The molecule has 1 aromatic rings. The summed E-state index contributed by atoms with van der Waals surface area (Å²) < 4.78 is 0. The average Bonchev–Trinajstić information content (AvgIpc) is 2.91. The molecule has 2 N–H and O–H groups in total. The van der Waals surface area contributed by atoms with Crippen molar-refractivity contribution in [2.75, 3.05) is 13.6 Å². The summed E-state index contributed by atoms with van der Waals surface area (Å²) in [5.74, 6) is -0.677. The largest absolute Gasteiger partial charge is 0.348 e. The van der Waals surface area contributed by atoms with Gasteiger partial charge in [0.15, 0.2) is 0 Å². The number of nitrogens with one attached hydrogen (secondary N) is 2. The average molecular weight is 558 g/mol. The van der Waals surface area contributed by atoms with Crippen molar-refractivity contribution in [3.8, 4) is 0 Å². The quantitative estimate of drug-likeness (QED) is 0.227. The van der Waals surface area contributed by atoms with Gasteiger partial charge in [0.25, 0.3) is 5.69 Å². The molecular weight excluding hydrogens is 510 g/mol. The monoisotopic (exact) mass is 557 g/mol. The maximum absolute atomic E-state index is 13.7. The number of carbonyl (C=O) groups excluding carboxylic acids is 3. The lowest BCUT2D eigenvalue weighted by molar-refractivity contribution is -0.384. The molecular formula is C30H47N5O5. The number of nitrogens with zero attached hydrogens (tertiary/aromatic N) is 3. The first kappa shape index (κ1) is 32.9. The molecule has 1 fully saturated rings. The third-order valence-electron chi connectivity index (χ3n) is 7.60. The zero-order valence-electron chi connectivity index (χ0n) is 25.3. The molecule has 0 bridgehead atoms. The summed E-state index contributed by atoms with van der Waals surface area (Å²) in [6.45, 7) is 14.8. The van der Waals surface area contributed by atoms with Gasteiger partial charge < -0.3 is 15.5 Å². The molecule has 3 atom stereocenters. The van der Waals surface area contributed by atoms with Gasteiger partial charge in [0, 0.05) is 37.3 Å². The van der Waals surface area contributed by atoms with E-state index in [2.05, 4.69) is 29.4 Å². The van der Waals surface area contributed by atoms with Crippen LogP contribution in [0, 0.1) is 22.0 Å². The number of hydrogen-bond acceptors (Lipinski definition) is 6. The van der Waals surface area contributed by atoms with Crippen LogP contribution in [0.1, 0.15) is 73.3 Å². The van der Waals surface area contributed by atoms with Gasteiger partial charge >= 0.3 is 0 Å². The van der Waals surface area contributed by atoms with E-state index in [1.54, 1.807) is 37.1 Å². The number of likely N-dealkylation sites (N-methyl/N-ethyl adjacent to an activating group) is 1. The molecule has 0 saturated carbocycles. The molecule has 10 nitrogen and oxygen atoms in total. The van der Waals surface area contributed by atoms with Gasteiger partial charge in [-0.25, -0.2) is 0 Å². The van der Waals surface area contributed by atoms with Crippen LogP contribution in [0.15, 0.2) is 35.9 Å². The van der Waals surface area contributed by atoms with E-state index >= 15 is 0 Å². The van der Waals surface area contributed by atoms with Crippen molar-refractivity contribution in [2.45, 2.75) is 98.4 Å². The number of likely N-dealkylation sites (tertiary alicyclic amines) is 1. The molecule has 0 radical (unpaired) electrons. The van der Waals surface area contributed by atoms with Crippen molar-refractivity contribution in [3.63, 3.8) is 0 Å². The van der Waals surface area contributed by atoms with Crippen LogP contribution in [0.25, 0.3) is 0 Å². The number of non-ortho nitro benzene ring substituents is 1. The molecule has 3 amide bonds. The van der Waals surface area contributed by atoms with Gasteiger partial charge in [-0.3, -0.25) is 29.4 Å². The van der Waals surface area contributed by atoms with E-state index in [-0.39, 0.29) is 59.9 Å². The van der Waals surface area contributed by atoms with Gasteiger partial charge in [-0.1, -0.05) is 52.3 Å². The number of rotatable bonds is 12. The molecule has 1 aliphatic heterocycles. The Labute approximate surface area is 238 Å². The standard InChI is InChI=1S/C30H47N5O5/c1-19(2)26(17-22(7)28(36)31-18-23-12-14-24(15-13-23)35(39)40)33(8)30(38)27(20(3)4)32-29(37)25-11-9-10-16-34(25)21(5)6/h12-15,17,19-21,25-27H,9-11,16,18H2,1-8H3,(H,31,36)(H,32,37)/b22-17+/t25?,26-,27+/m1/s1. The summed E-state index contributed by atoms with van der Waals surface area (Å²) in [6, 6.07) is 4.98. The Morgan fingerprint density at radius 3 is 2.23 bits per heavy atom. The number of carbonyl (C=O) groups is 3. The summed E-state index contributed by atoms with van der Waals surface area (Å²) in [5.41, 5.74) is 1.19. The fraction of sp³-hybridized carbons (Fsp3) is 0.633. The number of nitro benzene ring substituents is 1. The Bertz CT molecular complexity index is 1070. The Balaban J connectivity index is 2.12. The Morgan fingerprint density at radius 2 is 1.70 bits per heavy atom. The maximum atomic E-state index is 13.7. The molecule has 1 unspecified atom stereocenters. The SMILES string of the molecule is C/C(=C\[C@H](C(C)C)N(C)C(=O)[C@@H](NC(=O)C1CCCCN1C(C)C)C(C)C)C(=O)NCc1ccc([N+](=O)[O-])cc1. The molecule has 40 heavy (non-hydrogen) atoms. The highest BCUT2D eigenvalue weighted by Gasteiger charge is 2.36. The number of benzene rings is 1. The highest BCUT2D eigenvalue weighted by Crippen LogP contribution is 2.21. The normalized spacial score (nSPS) is 18.0. The minimum absolute atomic E-state index is 0.00878. The molecule has 0 aromatic heterocycles. The fourth-order valence-electron chi connectivity index (χ4n) is 5.12. The van der Waals surface area contributed by atoms with Gasteiger partial charge in [-0.15, -0.1) is 0 Å². The predicted octanol–water partition coefficient (Wildman–Crippen LogP) is 4.04. The van der Waals surface area contributed by atoms with Gasteiger partial charge in [-0.05, 0) is 57.6 Å². The van der Waals surface area contributed by atoms with Crippen LogP contribution in [-0.2, 0) is 20.9 Å². The minimum Gasteiger partial charge on any atom is -0.348 e. The molecule has 1 saturated heterocycles. The lowest BCUT2D eigenvalue weighted by atomic mass is 9.95. The minimum atomic E-state index is -0.681. The van der Waals surface area contributed by atoms with Crippen molar-refractivity contribution in [1.82, 2.24) is 20.4 Å². The van der Waals surface area contributed by atoms with Crippen LogP contribution in [0.2, 0.25) is 0 Å². The van der Waals surface area contributed by atoms with Gasteiger partial charge in [0.05, 0.1) is 17.0 Å². The Morgan fingerprint density at radius 1 is 1.07 bits per heavy atom. The molecule has 0 aliphatic carbocycles. The Kier molecular flexibility index (Phi) is 12.3. The summed E-state index contributed by atoms with van der Waals surface area (Å²) in [6.07, 6.45) is 4.63. The lowest BCUT2D eigenvalue weighted by Crippen LogP contribution is -2.58. The van der Waals surface area contributed by atoms with Gasteiger partial charge in [0.2, 0.25) is 17.7 Å². The highest BCUT2D eigenvalue weighted by molar-refractivity contribution is 5.93. The first-order chi connectivity index (χ1) is 18.7. The maximum Gasteiger partial charge on any atom is 0.269 e. The van der Waals surface area contributed by atoms with Gasteiger partial charge in [0.1, 0.15) is 6.04 Å². The summed E-state index contributed by atoms with van der Waals surface area (Å²) in [5, 5.41) is 16.7. The van der Waals surface area contributed by atoms with Crippen LogP contribution < -0.4 is 10.6 Å². The summed E-state index contributed by atoms with van der Waals surface area (Å²) in [4.78, 5) is 54.1. The van der Waals surface area contributed by atoms with E-state index in [0.29, 0.717) is 5.57 Å². The molecule has 0 spiro atoms. The van der Waals surface area contributed by atoms with Crippen LogP contribution in [-0.4, -0.2) is 70.2 Å². The van der Waals surface area contributed by atoms with Crippen LogP contribution >= 0.6 is 0 Å². The zero-order valence-corrected chi connectivity index (χ0v) is 25.3. The van der Waals surface area contributed by atoms with E-state index in [1.165, 1.54) is 12.1 Å². The number of amides is 3. The van der Waals surface area contributed by atoms with E-state index in [4.69, 9.17) is 0 Å². The van der Waals surface area contributed by atoms with Crippen molar-refractivity contribution < 1.29 is 19.3 Å². The number of nitro groups is 1. The van der Waals surface area contributed by atoms with Gasteiger partial charge in [-0.2, -0.15) is 0 Å². The lowest BCUT2D eigenvalue weighted by Gasteiger charge is -2.39. The molecule has 1 aliphatic rings. The van der Waals surface area contributed by atoms with Crippen LogP contribution in [0.3, 0.4) is 0 Å². The van der Waals surface area contributed by atoms with Crippen LogP contribution in [0.5, 0.6) is 0 Å². The first-order valence-electron chi connectivity index (χ1n) is 14.3. The van der Waals surface area contributed by atoms with Crippen LogP contribution in [0.4, 0.5) is 5.69 Å². The molecule has 222 valence electrons. The number of piperidine rings is 1. The second-order valence-corrected chi connectivity index (χ2v) is 11.7. The van der Waals surface area contributed by atoms with Crippen molar-refractivity contribution in [1.29, 1.82) is 0 Å². The third kappa shape index (κ3) is 8.87. The molecule has 1 heterocycles.